The molecule has 0 saturated heterocycles. The van der Waals surface area contributed by atoms with Crippen molar-refractivity contribution in [3.8, 4) is 11.5 Å². The van der Waals surface area contributed by atoms with Gasteiger partial charge in [0.05, 0.1) is 19.3 Å². The zero-order chi connectivity index (χ0) is 25.5. The van der Waals surface area contributed by atoms with Crippen molar-refractivity contribution >= 4 is 18.0 Å². The zero-order valence-corrected chi connectivity index (χ0v) is 19.6. The highest BCUT2D eigenvalue weighted by Crippen LogP contribution is 2.32. The van der Waals surface area contributed by atoms with E-state index < -0.39 is 29.2 Å². The lowest BCUT2D eigenvalue weighted by Gasteiger charge is -2.27. The third-order valence-corrected chi connectivity index (χ3v) is 5.78. The monoisotopic (exact) mass is 491 g/mol. The Labute approximate surface area is 202 Å². The predicted octanol–water partition coefficient (Wildman–Crippen LogP) is 5.30. The van der Waals surface area contributed by atoms with Crippen LogP contribution >= 0.6 is 0 Å². The molecule has 0 aromatic heterocycles. The maximum absolute atomic E-state index is 12.7. The Hall–Kier alpha value is -3.49. The number of hydrogen-bond donors (Lipinski definition) is 1. The summed E-state index contributed by atoms with van der Waals surface area (Å²) in [5.74, 6) is -0.00325. The first kappa shape index (κ1) is 26.1. The van der Waals surface area contributed by atoms with E-state index in [2.05, 4.69) is 5.32 Å². The van der Waals surface area contributed by atoms with Gasteiger partial charge in [0.25, 0.3) is 0 Å². The molecule has 0 unspecified atom stereocenters. The smallest absolute Gasteiger partial charge is 0.416 e. The number of carbonyl (C=O) groups excluding carboxylic acids is 2. The second kappa shape index (κ2) is 11.3. The molecule has 1 N–H and O–H groups in total. The number of amides is 1. The summed E-state index contributed by atoms with van der Waals surface area (Å²) in [7, 11) is 1.46. The molecule has 2 aromatic rings. The minimum Gasteiger partial charge on any atom is -0.493 e. The standard InChI is InChI=1S/C26H28F3NO5/c1-3-34-24(32)25(14-4-5-15-25)30-23(31)13-9-18-8-12-21(22(16-18)33-2)35-17-19-6-10-20(11-7-19)26(27,28)29/h6-13,16H,3-5,14-15,17H2,1-2H3,(H,30,31). The molecule has 0 heterocycles. The van der Waals surface area contributed by atoms with Crippen LogP contribution in [0, 0.1) is 0 Å². The maximum Gasteiger partial charge on any atom is 0.416 e. The van der Waals surface area contributed by atoms with Crippen molar-refractivity contribution < 1.29 is 37.0 Å². The molecule has 35 heavy (non-hydrogen) atoms. The molecule has 1 saturated carbocycles. The lowest BCUT2D eigenvalue weighted by molar-refractivity contribution is -0.152. The molecule has 0 bridgehead atoms. The summed E-state index contributed by atoms with van der Waals surface area (Å²) in [4.78, 5) is 24.9. The van der Waals surface area contributed by atoms with Gasteiger partial charge < -0.3 is 19.5 Å². The molecule has 2 aromatic carbocycles. The minimum absolute atomic E-state index is 0.0576. The van der Waals surface area contributed by atoms with Crippen LogP contribution in [0.4, 0.5) is 13.2 Å². The van der Waals surface area contributed by atoms with Crippen molar-refractivity contribution in [1.82, 2.24) is 5.32 Å². The summed E-state index contributed by atoms with van der Waals surface area (Å²) in [6.45, 7) is 2.04. The van der Waals surface area contributed by atoms with E-state index in [1.807, 2.05) is 0 Å². The van der Waals surface area contributed by atoms with Gasteiger partial charge in [-0.1, -0.05) is 31.0 Å². The number of methoxy groups -OCH3 is 1. The summed E-state index contributed by atoms with van der Waals surface area (Å²) < 4.78 is 54.3. The Morgan fingerprint density at radius 1 is 1.06 bits per heavy atom. The Balaban J connectivity index is 1.63. The van der Waals surface area contributed by atoms with E-state index in [0.717, 1.165) is 25.0 Å². The highest BCUT2D eigenvalue weighted by molar-refractivity contribution is 5.96. The number of rotatable bonds is 9. The van der Waals surface area contributed by atoms with Crippen molar-refractivity contribution in [2.45, 2.75) is 50.9 Å². The topological polar surface area (TPSA) is 73.9 Å². The third kappa shape index (κ3) is 6.77. The van der Waals surface area contributed by atoms with Gasteiger partial charge in [-0.25, -0.2) is 4.79 Å². The van der Waals surface area contributed by atoms with Crippen molar-refractivity contribution in [2.75, 3.05) is 13.7 Å². The molecule has 1 amide bonds. The van der Waals surface area contributed by atoms with Crippen LogP contribution in [0.25, 0.3) is 6.08 Å². The number of ether oxygens (including phenoxy) is 3. The lowest BCUT2D eigenvalue weighted by atomic mass is 9.97. The molecule has 0 spiro atoms. The van der Waals surface area contributed by atoms with E-state index in [1.54, 1.807) is 31.2 Å². The van der Waals surface area contributed by atoms with Gasteiger partial charge in [-0.2, -0.15) is 13.2 Å². The van der Waals surface area contributed by atoms with Gasteiger partial charge >= 0.3 is 12.1 Å². The molecule has 9 heteroatoms. The second-order valence-corrected chi connectivity index (χ2v) is 8.23. The highest BCUT2D eigenvalue weighted by atomic mass is 19.4. The van der Waals surface area contributed by atoms with E-state index in [1.165, 1.54) is 25.3 Å². The van der Waals surface area contributed by atoms with Crippen LogP contribution in [-0.2, 0) is 27.1 Å². The lowest BCUT2D eigenvalue weighted by Crippen LogP contribution is -2.52. The number of hydrogen-bond acceptors (Lipinski definition) is 5. The normalized spacial score (nSPS) is 15.1. The number of esters is 1. The molecule has 6 nitrogen and oxygen atoms in total. The van der Waals surface area contributed by atoms with Crippen molar-refractivity contribution in [3.63, 3.8) is 0 Å². The fourth-order valence-electron chi connectivity index (χ4n) is 3.94. The molecule has 1 fully saturated rings. The first-order valence-electron chi connectivity index (χ1n) is 11.3. The number of alkyl halides is 3. The van der Waals surface area contributed by atoms with E-state index >= 15 is 0 Å². The van der Waals surface area contributed by atoms with Gasteiger partial charge in [-0.3, -0.25) is 4.79 Å². The fraction of sp³-hybridized carbons (Fsp3) is 0.385. The SMILES string of the molecule is CCOC(=O)C1(NC(=O)C=Cc2ccc(OCc3ccc(C(F)(F)F)cc3)c(OC)c2)CCCC1. The second-order valence-electron chi connectivity index (χ2n) is 8.23. The zero-order valence-electron chi connectivity index (χ0n) is 19.6. The van der Waals surface area contributed by atoms with Gasteiger partial charge in [-0.15, -0.1) is 0 Å². The van der Waals surface area contributed by atoms with Crippen molar-refractivity contribution in [1.29, 1.82) is 0 Å². The fourth-order valence-corrected chi connectivity index (χ4v) is 3.94. The van der Waals surface area contributed by atoms with Gasteiger partial charge in [0.1, 0.15) is 12.1 Å². The quantitative estimate of drug-likeness (QED) is 0.381. The first-order chi connectivity index (χ1) is 16.7. The maximum atomic E-state index is 12.7. The van der Waals surface area contributed by atoms with Gasteiger partial charge in [0.15, 0.2) is 11.5 Å². The highest BCUT2D eigenvalue weighted by Gasteiger charge is 2.43. The Morgan fingerprint density at radius 2 is 1.74 bits per heavy atom. The van der Waals surface area contributed by atoms with Crippen LogP contribution in [0.5, 0.6) is 11.5 Å². The summed E-state index contributed by atoms with van der Waals surface area (Å²) in [5.41, 5.74) is -0.468. The summed E-state index contributed by atoms with van der Waals surface area (Å²) in [6.07, 6.45) is 1.32. The molecule has 1 aliphatic carbocycles. The summed E-state index contributed by atoms with van der Waals surface area (Å²) in [5, 5.41) is 2.81. The predicted molar refractivity (Wildman–Crippen MR) is 124 cm³/mol. The summed E-state index contributed by atoms with van der Waals surface area (Å²) in [6, 6.07) is 9.76. The van der Waals surface area contributed by atoms with Crippen LogP contribution in [0.3, 0.4) is 0 Å². The van der Waals surface area contributed by atoms with Crippen LogP contribution in [-0.4, -0.2) is 31.1 Å². The van der Waals surface area contributed by atoms with Gasteiger partial charge in [0.2, 0.25) is 5.91 Å². The van der Waals surface area contributed by atoms with E-state index in [4.69, 9.17) is 14.2 Å². The first-order valence-corrected chi connectivity index (χ1v) is 11.3. The van der Waals surface area contributed by atoms with Crippen LogP contribution in [0.15, 0.2) is 48.5 Å². The van der Waals surface area contributed by atoms with Crippen LogP contribution in [0.1, 0.15) is 49.3 Å². The van der Waals surface area contributed by atoms with Gasteiger partial charge in [-0.05, 0) is 61.2 Å². The largest absolute Gasteiger partial charge is 0.493 e. The summed E-state index contributed by atoms with van der Waals surface area (Å²) >= 11 is 0. The average molecular weight is 492 g/mol. The number of nitrogens with one attached hydrogen (secondary N) is 1. The number of halogens is 3. The molecular weight excluding hydrogens is 463 g/mol. The van der Waals surface area contributed by atoms with Crippen LogP contribution < -0.4 is 14.8 Å². The number of benzene rings is 2. The molecular formula is C26H28F3NO5. The van der Waals surface area contributed by atoms with Gasteiger partial charge in [0, 0.05) is 6.08 Å². The van der Waals surface area contributed by atoms with Crippen molar-refractivity contribution in [2.24, 2.45) is 0 Å². The Kier molecular flexibility index (Phi) is 8.43. The molecule has 188 valence electrons. The minimum atomic E-state index is -4.39. The Bertz CT molecular complexity index is 1060. The van der Waals surface area contributed by atoms with Crippen molar-refractivity contribution in [3.05, 3.63) is 65.2 Å². The molecule has 3 rings (SSSR count). The van der Waals surface area contributed by atoms with E-state index in [0.29, 0.717) is 35.5 Å². The molecule has 0 radical (unpaired) electrons. The average Bonchev–Trinajstić information content (AvgIpc) is 3.31. The van der Waals surface area contributed by atoms with E-state index in [-0.39, 0.29) is 13.2 Å². The third-order valence-electron chi connectivity index (χ3n) is 5.78. The number of carbonyl (C=O) groups is 2. The Morgan fingerprint density at radius 3 is 2.34 bits per heavy atom. The molecule has 0 atom stereocenters. The van der Waals surface area contributed by atoms with Crippen LogP contribution in [0.2, 0.25) is 0 Å². The molecule has 0 aliphatic heterocycles. The molecule has 1 aliphatic rings. The van der Waals surface area contributed by atoms with E-state index in [9.17, 15) is 22.8 Å².